The Bertz CT molecular complexity index is 367. The highest BCUT2D eigenvalue weighted by atomic mass is 14.9. The molecule has 1 aromatic carbocycles. The van der Waals surface area contributed by atoms with Crippen molar-refractivity contribution >= 4 is 0 Å². The van der Waals surface area contributed by atoms with Crippen molar-refractivity contribution < 1.29 is 0 Å². The Hall–Kier alpha value is -0.860. The predicted molar refractivity (Wildman–Crippen MR) is 68.4 cm³/mol. The normalized spacial score (nSPS) is 26.2. The third-order valence-electron chi connectivity index (χ3n) is 3.75. The fourth-order valence-electron chi connectivity index (χ4n) is 2.80. The molecule has 1 aliphatic rings. The van der Waals surface area contributed by atoms with E-state index in [2.05, 4.69) is 37.4 Å². The molecule has 3 N–H and O–H groups in total. The van der Waals surface area contributed by atoms with Crippen molar-refractivity contribution in [1.82, 2.24) is 5.32 Å². The molecule has 0 aliphatic heterocycles. The summed E-state index contributed by atoms with van der Waals surface area (Å²) in [6.45, 7) is 4.34. The Kier molecular flexibility index (Phi) is 3.31. The average molecular weight is 218 g/mol. The van der Waals surface area contributed by atoms with Crippen molar-refractivity contribution in [2.45, 2.75) is 38.8 Å². The van der Waals surface area contributed by atoms with E-state index in [9.17, 15) is 0 Å². The molecule has 1 aliphatic carbocycles. The van der Waals surface area contributed by atoms with E-state index in [1.165, 1.54) is 16.7 Å². The van der Waals surface area contributed by atoms with Gasteiger partial charge in [-0.15, -0.1) is 0 Å². The van der Waals surface area contributed by atoms with Gasteiger partial charge in [0.25, 0.3) is 0 Å². The minimum Gasteiger partial charge on any atom is -0.328 e. The number of benzene rings is 1. The summed E-state index contributed by atoms with van der Waals surface area (Å²) in [7, 11) is 2.05. The molecule has 1 saturated carbocycles. The van der Waals surface area contributed by atoms with E-state index in [1.54, 1.807) is 0 Å². The Morgan fingerprint density at radius 2 is 2.00 bits per heavy atom. The Morgan fingerprint density at radius 1 is 1.31 bits per heavy atom. The summed E-state index contributed by atoms with van der Waals surface area (Å²) < 4.78 is 0. The number of nitrogens with one attached hydrogen (secondary N) is 1. The molecule has 88 valence electrons. The van der Waals surface area contributed by atoms with Crippen LogP contribution in [-0.2, 0) is 0 Å². The van der Waals surface area contributed by atoms with Gasteiger partial charge in [-0.25, -0.2) is 0 Å². The summed E-state index contributed by atoms with van der Waals surface area (Å²) in [5.74, 6) is 0.710. The molecular weight excluding hydrogens is 196 g/mol. The fourth-order valence-corrected chi connectivity index (χ4v) is 2.80. The maximum atomic E-state index is 5.87. The van der Waals surface area contributed by atoms with Gasteiger partial charge in [-0.05, 0) is 50.8 Å². The lowest BCUT2D eigenvalue weighted by Gasteiger charge is -2.39. The summed E-state index contributed by atoms with van der Waals surface area (Å²) in [6, 6.07) is 7.62. The highest BCUT2D eigenvalue weighted by Crippen LogP contribution is 2.37. The molecule has 1 unspecified atom stereocenters. The molecule has 0 heterocycles. The lowest BCUT2D eigenvalue weighted by molar-refractivity contribution is 0.203. The monoisotopic (exact) mass is 218 g/mol. The van der Waals surface area contributed by atoms with Gasteiger partial charge in [-0.3, -0.25) is 0 Å². The second-order valence-electron chi connectivity index (χ2n) is 5.12. The second-order valence-corrected chi connectivity index (χ2v) is 5.12. The van der Waals surface area contributed by atoms with Crippen molar-refractivity contribution in [3.63, 3.8) is 0 Å². The fraction of sp³-hybridized carbons (Fsp3) is 0.571. The predicted octanol–water partition coefficient (Wildman–Crippen LogP) is 2.30. The van der Waals surface area contributed by atoms with Crippen molar-refractivity contribution in [3.8, 4) is 0 Å². The molecule has 0 spiro atoms. The van der Waals surface area contributed by atoms with Crippen LogP contribution >= 0.6 is 0 Å². The van der Waals surface area contributed by atoms with Crippen molar-refractivity contribution in [2.75, 3.05) is 7.05 Å². The molecule has 2 rings (SSSR count). The maximum absolute atomic E-state index is 5.87. The summed E-state index contributed by atoms with van der Waals surface area (Å²) in [4.78, 5) is 0. The van der Waals surface area contributed by atoms with Crippen LogP contribution in [0.15, 0.2) is 18.2 Å². The largest absolute Gasteiger partial charge is 0.328 e. The number of rotatable bonds is 3. The van der Waals surface area contributed by atoms with Gasteiger partial charge in [0.1, 0.15) is 0 Å². The van der Waals surface area contributed by atoms with Gasteiger partial charge >= 0.3 is 0 Å². The number of aryl methyl sites for hydroxylation is 2. The van der Waals surface area contributed by atoms with Gasteiger partial charge in [0.05, 0.1) is 0 Å². The van der Waals surface area contributed by atoms with Gasteiger partial charge in [-0.1, -0.05) is 23.8 Å². The molecule has 16 heavy (non-hydrogen) atoms. The molecular formula is C14H22N2. The molecule has 0 aromatic heterocycles. The summed E-state index contributed by atoms with van der Waals surface area (Å²) in [5, 5.41) is 3.45. The van der Waals surface area contributed by atoms with Gasteiger partial charge in [-0.2, -0.15) is 0 Å². The minimum atomic E-state index is 0.423. The number of hydrogen-bond donors (Lipinski definition) is 2. The second kappa shape index (κ2) is 4.56. The third-order valence-corrected chi connectivity index (χ3v) is 3.75. The molecule has 0 bridgehead atoms. The zero-order chi connectivity index (χ0) is 11.7. The zero-order valence-corrected chi connectivity index (χ0v) is 10.5. The molecule has 1 atom stereocenters. The molecule has 2 nitrogen and oxygen atoms in total. The van der Waals surface area contributed by atoms with E-state index in [0.29, 0.717) is 18.0 Å². The molecule has 2 heteroatoms. The van der Waals surface area contributed by atoms with Crippen LogP contribution in [0, 0.1) is 19.8 Å². The molecule has 0 saturated heterocycles. The van der Waals surface area contributed by atoms with E-state index in [4.69, 9.17) is 5.73 Å². The first-order valence-electron chi connectivity index (χ1n) is 6.12. The highest BCUT2D eigenvalue weighted by molar-refractivity contribution is 5.33. The quantitative estimate of drug-likeness (QED) is 0.817. The van der Waals surface area contributed by atoms with Crippen molar-refractivity contribution in [1.29, 1.82) is 0 Å². The zero-order valence-electron chi connectivity index (χ0n) is 10.5. The topological polar surface area (TPSA) is 38.0 Å². The van der Waals surface area contributed by atoms with Crippen molar-refractivity contribution in [3.05, 3.63) is 34.9 Å². The first kappa shape index (κ1) is 11.6. The SMILES string of the molecule is CNC(c1ccc(C)cc1C)C1CC(N)C1. The van der Waals surface area contributed by atoms with E-state index >= 15 is 0 Å². The highest BCUT2D eigenvalue weighted by Gasteiger charge is 2.33. The molecule has 0 radical (unpaired) electrons. The lowest BCUT2D eigenvalue weighted by atomic mass is 9.73. The van der Waals surface area contributed by atoms with Gasteiger partial charge in [0.15, 0.2) is 0 Å². The van der Waals surface area contributed by atoms with E-state index < -0.39 is 0 Å². The van der Waals surface area contributed by atoms with Gasteiger partial charge in [0.2, 0.25) is 0 Å². The van der Waals surface area contributed by atoms with Crippen molar-refractivity contribution in [2.24, 2.45) is 11.7 Å². The smallest absolute Gasteiger partial charge is 0.0349 e. The molecule has 1 aromatic rings. The van der Waals surface area contributed by atoms with Crippen LogP contribution in [0.25, 0.3) is 0 Å². The van der Waals surface area contributed by atoms with E-state index in [1.807, 2.05) is 7.05 Å². The molecule has 1 fully saturated rings. The van der Waals surface area contributed by atoms with Gasteiger partial charge in [0, 0.05) is 12.1 Å². The number of hydrogen-bond acceptors (Lipinski definition) is 2. The Labute approximate surface area is 98.2 Å². The standard InChI is InChI=1S/C14H22N2/c1-9-4-5-13(10(2)6-9)14(16-3)11-7-12(15)8-11/h4-6,11-12,14,16H,7-8,15H2,1-3H3. The first-order valence-corrected chi connectivity index (χ1v) is 6.12. The maximum Gasteiger partial charge on any atom is 0.0349 e. The number of nitrogens with two attached hydrogens (primary N) is 1. The Morgan fingerprint density at radius 3 is 2.50 bits per heavy atom. The van der Waals surface area contributed by atoms with Crippen LogP contribution in [0.2, 0.25) is 0 Å². The van der Waals surface area contributed by atoms with Crippen LogP contribution in [0.3, 0.4) is 0 Å². The van der Waals surface area contributed by atoms with Crippen LogP contribution in [0.5, 0.6) is 0 Å². The Balaban J connectivity index is 2.20. The van der Waals surface area contributed by atoms with Crippen LogP contribution in [0.1, 0.15) is 35.6 Å². The lowest BCUT2D eigenvalue weighted by Crippen LogP contribution is -2.42. The summed E-state index contributed by atoms with van der Waals surface area (Å²) >= 11 is 0. The van der Waals surface area contributed by atoms with E-state index in [0.717, 1.165) is 12.8 Å². The van der Waals surface area contributed by atoms with Crippen LogP contribution < -0.4 is 11.1 Å². The summed E-state index contributed by atoms with van der Waals surface area (Å²) in [6.07, 6.45) is 2.30. The van der Waals surface area contributed by atoms with Crippen LogP contribution in [0.4, 0.5) is 0 Å². The first-order chi connectivity index (χ1) is 7.61. The third kappa shape index (κ3) is 2.13. The minimum absolute atomic E-state index is 0.423. The van der Waals surface area contributed by atoms with E-state index in [-0.39, 0.29) is 0 Å². The van der Waals surface area contributed by atoms with Gasteiger partial charge < -0.3 is 11.1 Å². The summed E-state index contributed by atoms with van der Waals surface area (Å²) in [5.41, 5.74) is 10.0. The molecule has 0 amide bonds. The van der Waals surface area contributed by atoms with Crippen LogP contribution in [-0.4, -0.2) is 13.1 Å². The average Bonchev–Trinajstić information content (AvgIpc) is 2.19.